The van der Waals surface area contributed by atoms with Crippen LogP contribution in [0.15, 0.2) is 65.8 Å². The summed E-state index contributed by atoms with van der Waals surface area (Å²) in [4.78, 5) is 12.1. The van der Waals surface area contributed by atoms with Crippen molar-refractivity contribution in [2.45, 2.75) is 0 Å². The molecule has 3 aromatic carbocycles. The lowest BCUT2D eigenvalue weighted by Crippen LogP contribution is -2.17. The first-order chi connectivity index (χ1) is 11.7. The lowest BCUT2D eigenvalue weighted by Gasteiger charge is -2.07. The first-order valence-corrected chi connectivity index (χ1v) is 7.72. The number of nitrogens with zero attached hydrogens (tertiary/aromatic N) is 1. The van der Waals surface area contributed by atoms with Crippen LogP contribution >= 0.6 is 11.6 Å². The van der Waals surface area contributed by atoms with Crippen LogP contribution in [0.5, 0.6) is 5.75 Å². The van der Waals surface area contributed by atoms with Gasteiger partial charge in [0, 0.05) is 10.9 Å². The number of nitrogens with one attached hydrogen (secondary N) is 1. The Kier molecular flexibility index (Phi) is 4.77. The van der Waals surface area contributed by atoms with Crippen LogP contribution in [0.3, 0.4) is 0 Å². The summed E-state index contributed by atoms with van der Waals surface area (Å²) in [6.45, 7) is 0. The molecule has 0 aromatic heterocycles. The molecule has 0 saturated heterocycles. The molecule has 3 aromatic rings. The first kappa shape index (κ1) is 16.0. The van der Waals surface area contributed by atoms with Crippen molar-refractivity contribution in [2.24, 2.45) is 5.10 Å². The molecule has 0 aliphatic heterocycles. The fourth-order valence-electron chi connectivity index (χ4n) is 2.45. The second kappa shape index (κ2) is 7.15. The van der Waals surface area contributed by atoms with E-state index in [0.717, 1.165) is 22.1 Å². The van der Waals surface area contributed by atoms with Gasteiger partial charge in [-0.25, -0.2) is 5.43 Å². The number of hydrazone groups is 1. The number of ether oxygens (including phenoxy) is 1. The quantitative estimate of drug-likeness (QED) is 0.570. The molecule has 5 heteroatoms. The van der Waals surface area contributed by atoms with Crippen LogP contribution in [0.25, 0.3) is 10.8 Å². The van der Waals surface area contributed by atoms with E-state index in [1.807, 2.05) is 36.4 Å². The van der Waals surface area contributed by atoms with Crippen molar-refractivity contribution in [3.63, 3.8) is 0 Å². The Hall–Kier alpha value is -2.85. The van der Waals surface area contributed by atoms with Gasteiger partial charge >= 0.3 is 0 Å². The summed E-state index contributed by atoms with van der Waals surface area (Å²) in [6, 6.07) is 18.5. The molecule has 1 N–H and O–H groups in total. The number of hydrogen-bond donors (Lipinski definition) is 1. The highest BCUT2D eigenvalue weighted by Crippen LogP contribution is 2.27. The molecule has 3 rings (SSSR count). The zero-order valence-corrected chi connectivity index (χ0v) is 13.7. The second-order valence-corrected chi connectivity index (χ2v) is 5.49. The summed E-state index contributed by atoms with van der Waals surface area (Å²) in [7, 11) is 1.64. The third-order valence-electron chi connectivity index (χ3n) is 3.63. The molecular formula is C19H15ClN2O2. The van der Waals surface area contributed by atoms with Gasteiger partial charge < -0.3 is 4.74 Å². The lowest BCUT2D eigenvalue weighted by atomic mass is 10.0. The summed E-state index contributed by atoms with van der Waals surface area (Å²) < 4.78 is 5.37. The number of fused-ring (bicyclic) bond motifs is 1. The predicted octanol–water partition coefficient (Wildman–Crippen LogP) is 4.27. The van der Waals surface area contributed by atoms with Gasteiger partial charge in [0.05, 0.1) is 23.9 Å². The molecule has 0 spiro atoms. The van der Waals surface area contributed by atoms with Crippen molar-refractivity contribution >= 4 is 34.5 Å². The minimum atomic E-state index is -0.352. The van der Waals surface area contributed by atoms with Gasteiger partial charge in [-0.3, -0.25) is 4.79 Å². The zero-order chi connectivity index (χ0) is 16.9. The fraction of sp³-hybridized carbons (Fsp3) is 0.0526. The number of amides is 1. The van der Waals surface area contributed by atoms with Crippen molar-refractivity contribution in [3.05, 3.63) is 76.8 Å². The minimum Gasteiger partial charge on any atom is -0.496 e. The number of carbonyl (C=O) groups excluding carboxylic acids is 1. The molecule has 0 heterocycles. The number of rotatable bonds is 4. The van der Waals surface area contributed by atoms with Gasteiger partial charge in [-0.05, 0) is 29.7 Å². The number of carbonyl (C=O) groups is 1. The molecular weight excluding hydrogens is 324 g/mol. The van der Waals surface area contributed by atoms with E-state index in [4.69, 9.17) is 16.3 Å². The zero-order valence-electron chi connectivity index (χ0n) is 13.0. The molecule has 0 unspecified atom stereocenters. The van der Waals surface area contributed by atoms with E-state index in [9.17, 15) is 4.79 Å². The standard InChI is InChI=1S/C19H15ClN2O2/c1-24-18-11-10-13(14-6-2-3-7-15(14)18)12-21-22-19(23)16-8-4-5-9-17(16)20/h2-12H,1H3,(H,22,23). The fourth-order valence-corrected chi connectivity index (χ4v) is 2.67. The Morgan fingerprint density at radius 2 is 1.75 bits per heavy atom. The first-order valence-electron chi connectivity index (χ1n) is 7.34. The van der Waals surface area contributed by atoms with E-state index in [0.29, 0.717) is 10.6 Å². The van der Waals surface area contributed by atoms with E-state index in [2.05, 4.69) is 10.5 Å². The summed E-state index contributed by atoms with van der Waals surface area (Å²) in [5.41, 5.74) is 3.76. The number of hydrogen-bond acceptors (Lipinski definition) is 3. The Bertz CT molecular complexity index is 922. The molecule has 0 atom stereocenters. The van der Waals surface area contributed by atoms with Gasteiger partial charge in [0.25, 0.3) is 5.91 Å². The summed E-state index contributed by atoms with van der Waals surface area (Å²) in [5.74, 6) is 0.442. The molecule has 4 nitrogen and oxygen atoms in total. The second-order valence-electron chi connectivity index (χ2n) is 5.08. The Balaban J connectivity index is 1.84. The molecule has 0 aliphatic carbocycles. The van der Waals surface area contributed by atoms with Crippen LogP contribution in [0.1, 0.15) is 15.9 Å². The van der Waals surface area contributed by atoms with Crippen LogP contribution in [-0.4, -0.2) is 19.2 Å². The average Bonchev–Trinajstić information content (AvgIpc) is 2.62. The van der Waals surface area contributed by atoms with E-state index < -0.39 is 0 Å². The monoisotopic (exact) mass is 338 g/mol. The maximum absolute atomic E-state index is 12.1. The van der Waals surface area contributed by atoms with Crippen LogP contribution in [0.4, 0.5) is 0 Å². The third-order valence-corrected chi connectivity index (χ3v) is 3.96. The minimum absolute atomic E-state index is 0.352. The molecule has 0 saturated carbocycles. The van der Waals surface area contributed by atoms with Crippen molar-refractivity contribution < 1.29 is 9.53 Å². The number of halogens is 1. The molecule has 0 aliphatic rings. The van der Waals surface area contributed by atoms with Gasteiger partial charge in [-0.1, -0.05) is 48.0 Å². The summed E-state index contributed by atoms with van der Waals surface area (Å²) in [5, 5.41) is 6.41. The lowest BCUT2D eigenvalue weighted by molar-refractivity contribution is 0.0955. The van der Waals surface area contributed by atoms with Gasteiger partial charge in [-0.2, -0.15) is 5.10 Å². The molecule has 0 fully saturated rings. The predicted molar refractivity (Wildman–Crippen MR) is 97.0 cm³/mol. The Labute approximate surface area is 144 Å². The highest BCUT2D eigenvalue weighted by Gasteiger charge is 2.08. The van der Waals surface area contributed by atoms with E-state index in [1.54, 1.807) is 37.6 Å². The topological polar surface area (TPSA) is 50.7 Å². The summed E-state index contributed by atoms with van der Waals surface area (Å²) >= 11 is 6.00. The molecule has 120 valence electrons. The van der Waals surface area contributed by atoms with Crippen molar-refractivity contribution in [1.29, 1.82) is 0 Å². The summed E-state index contributed by atoms with van der Waals surface area (Å²) in [6.07, 6.45) is 1.61. The van der Waals surface area contributed by atoms with Gasteiger partial charge in [-0.15, -0.1) is 0 Å². The molecule has 0 bridgehead atoms. The number of methoxy groups -OCH3 is 1. The third kappa shape index (κ3) is 3.24. The smallest absolute Gasteiger partial charge is 0.272 e. The van der Waals surface area contributed by atoms with Crippen LogP contribution in [0, 0.1) is 0 Å². The van der Waals surface area contributed by atoms with Crippen molar-refractivity contribution in [2.75, 3.05) is 7.11 Å². The van der Waals surface area contributed by atoms with E-state index in [1.165, 1.54) is 0 Å². The van der Waals surface area contributed by atoms with E-state index in [-0.39, 0.29) is 5.91 Å². The van der Waals surface area contributed by atoms with Crippen LogP contribution < -0.4 is 10.2 Å². The molecule has 0 radical (unpaired) electrons. The molecule has 24 heavy (non-hydrogen) atoms. The van der Waals surface area contributed by atoms with Crippen molar-refractivity contribution in [1.82, 2.24) is 5.43 Å². The maximum Gasteiger partial charge on any atom is 0.272 e. The maximum atomic E-state index is 12.1. The van der Waals surface area contributed by atoms with E-state index >= 15 is 0 Å². The van der Waals surface area contributed by atoms with Gasteiger partial charge in [0.15, 0.2) is 0 Å². The Morgan fingerprint density at radius 1 is 1.04 bits per heavy atom. The van der Waals surface area contributed by atoms with Crippen LogP contribution in [-0.2, 0) is 0 Å². The van der Waals surface area contributed by atoms with Crippen LogP contribution in [0.2, 0.25) is 5.02 Å². The molecule has 1 amide bonds. The van der Waals surface area contributed by atoms with Gasteiger partial charge in [0.2, 0.25) is 0 Å². The van der Waals surface area contributed by atoms with Gasteiger partial charge in [0.1, 0.15) is 5.75 Å². The average molecular weight is 339 g/mol. The number of benzene rings is 3. The highest BCUT2D eigenvalue weighted by molar-refractivity contribution is 6.33. The normalized spacial score (nSPS) is 10.9. The largest absolute Gasteiger partial charge is 0.496 e. The SMILES string of the molecule is COc1ccc(C=NNC(=O)c2ccccc2Cl)c2ccccc12. The Morgan fingerprint density at radius 3 is 2.50 bits per heavy atom. The highest BCUT2D eigenvalue weighted by atomic mass is 35.5. The van der Waals surface area contributed by atoms with Crippen molar-refractivity contribution in [3.8, 4) is 5.75 Å².